The second-order valence-electron chi connectivity index (χ2n) is 12.3. The van der Waals surface area contributed by atoms with Gasteiger partial charge in [-0.15, -0.1) is 11.3 Å². The number of hydrogen-bond donors (Lipinski definition) is 1. The number of carbonyl (C=O) groups is 1. The van der Waals surface area contributed by atoms with Crippen LogP contribution in [0.25, 0.3) is 0 Å². The van der Waals surface area contributed by atoms with Crippen molar-refractivity contribution in [2.75, 3.05) is 19.7 Å². The fraction of sp³-hybridized carbons (Fsp3) is 0.821. The van der Waals surface area contributed by atoms with Crippen LogP contribution in [-0.4, -0.2) is 42.6 Å². The Hall–Kier alpha value is -0.910. The fourth-order valence-electron chi connectivity index (χ4n) is 7.12. The summed E-state index contributed by atoms with van der Waals surface area (Å²) in [7, 11) is 0. The first-order chi connectivity index (χ1) is 15.8. The van der Waals surface area contributed by atoms with E-state index in [0.29, 0.717) is 23.4 Å². The Labute approximate surface area is 204 Å². The van der Waals surface area contributed by atoms with E-state index in [0.717, 1.165) is 70.4 Å². The molecule has 0 radical (unpaired) electrons. The molecule has 2 aliphatic heterocycles. The molecule has 1 unspecified atom stereocenters. The third-order valence-electron chi connectivity index (χ3n) is 9.11. The van der Waals surface area contributed by atoms with Gasteiger partial charge < -0.3 is 15.0 Å². The molecule has 1 N–H and O–H groups in total. The van der Waals surface area contributed by atoms with E-state index in [1.165, 1.54) is 29.8 Å². The van der Waals surface area contributed by atoms with Crippen molar-refractivity contribution in [3.63, 3.8) is 0 Å². The van der Waals surface area contributed by atoms with Gasteiger partial charge in [0.05, 0.1) is 12.2 Å². The molecule has 3 atom stereocenters. The van der Waals surface area contributed by atoms with E-state index in [4.69, 9.17) is 4.74 Å². The molecule has 0 aromatic carbocycles. The predicted octanol–water partition coefficient (Wildman–Crippen LogP) is 5.67. The summed E-state index contributed by atoms with van der Waals surface area (Å²) in [4.78, 5) is 18.6. The zero-order valence-corrected chi connectivity index (χ0v) is 22.1. The van der Waals surface area contributed by atoms with Crippen LogP contribution in [0.15, 0.2) is 6.07 Å². The Morgan fingerprint density at radius 1 is 1.27 bits per heavy atom. The van der Waals surface area contributed by atoms with Gasteiger partial charge in [0.15, 0.2) is 0 Å². The van der Waals surface area contributed by atoms with E-state index in [2.05, 4.69) is 44.0 Å². The molecule has 2 aliphatic carbocycles. The summed E-state index contributed by atoms with van der Waals surface area (Å²) in [6, 6.07) is 3.41. The highest BCUT2D eigenvalue weighted by molar-refractivity contribution is 7.12. The molecule has 2 saturated carbocycles. The maximum absolute atomic E-state index is 12.8. The number of hydrogen-bond acceptors (Lipinski definition) is 4. The Morgan fingerprint density at radius 3 is 2.82 bits per heavy atom. The summed E-state index contributed by atoms with van der Waals surface area (Å²) >= 11 is 2.02. The number of carbonyl (C=O) groups excluding carboxylic acids is 1. The largest absolute Gasteiger partial charge is 0.370 e. The van der Waals surface area contributed by atoms with Gasteiger partial charge >= 0.3 is 0 Å². The van der Waals surface area contributed by atoms with Gasteiger partial charge in [0, 0.05) is 47.3 Å². The van der Waals surface area contributed by atoms with Gasteiger partial charge in [-0.1, -0.05) is 27.2 Å². The number of rotatable bonds is 5. The van der Waals surface area contributed by atoms with Crippen LogP contribution in [0.2, 0.25) is 0 Å². The number of piperidine rings is 1. The smallest absolute Gasteiger partial charge is 0.223 e. The van der Waals surface area contributed by atoms with E-state index in [1.54, 1.807) is 4.88 Å². The number of ether oxygens (including phenoxy) is 1. The Bertz CT molecular complexity index is 858. The van der Waals surface area contributed by atoms with Crippen LogP contribution < -0.4 is 5.32 Å². The number of likely N-dealkylation sites (tertiary alicyclic amines) is 1. The van der Waals surface area contributed by atoms with Crippen LogP contribution in [0, 0.1) is 17.3 Å². The topological polar surface area (TPSA) is 41.6 Å². The molecule has 1 amide bonds. The summed E-state index contributed by atoms with van der Waals surface area (Å²) in [6.45, 7) is 12.5. The number of nitrogens with one attached hydrogen (secondary N) is 1. The summed E-state index contributed by atoms with van der Waals surface area (Å²) < 4.78 is 6.52. The van der Waals surface area contributed by atoms with Gasteiger partial charge in [-0.25, -0.2) is 0 Å². The fourth-order valence-corrected chi connectivity index (χ4v) is 8.30. The summed E-state index contributed by atoms with van der Waals surface area (Å²) in [6.07, 6.45) is 11.4. The number of amides is 1. The maximum Gasteiger partial charge on any atom is 0.223 e. The van der Waals surface area contributed by atoms with Gasteiger partial charge in [0.25, 0.3) is 0 Å². The molecule has 33 heavy (non-hydrogen) atoms. The second kappa shape index (κ2) is 9.28. The summed E-state index contributed by atoms with van der Waals surface area (Å²) in [5.74, 6) is 1.29. The van der Waals surface area contributed by atoms with Crippen LogP contribution in [0.3, 0.4) is 0 Å². The van der Waals surface area contributed by atoms with Crippen molar-refractivity contribution in [3.8, 4) is 0 Å². The average Bonchev–Trinajstić information content (AvgIpc) is 3.18. The van der Waals surface area contributed by atoms with Crippen molar-refractivity contribution in [2.45, 2.75) is 110 Å². The first kappa shape index (κ1) is 23.8. The van der Waals surface area contributed by atoms with E-state index >= 15 is 0 Å². The van der Waals surface area contributed by atoms with Crippen LogP contribution in [0.5, 0.6) is 0 Å². The zero-order valence-electron chi connectivity index (χ0n) is 21.3. The lowest BCUT2D eigenvalue weighted by Gasteiger charge is -2.49. The standard InChI is InChI=1S/C28H44N2O2S/c1-5-23-15-24-25(33-23)8-12-32-28(24)10-11-30(19(2)16-28)18-20-13-22(14-20)29-26(31)21-7-6-9-27(3,4)17-21/h15,19-22H,5-14,16-18H2,1-4H3,(H,29,31)/t19-,20?,21?,22?,28+/m0/s1. The monoisotopic (exact) mass is 472 g/mol. The molecular weight excluding hydrogens is 428 g/mol. The van der Waals surface area contributed by atoms with Crippen molar-refractivity contribution >= 4 is 17.2 Å². The minimum atomic E-state index is -0.0443. The highest BCUT2D eigenvalue weighted by atomic mass is 32.1. The summed E-state index contributed by atoms with van der Waals surface area (Å²) in [5, 5.41) is 3.39. The van der Waals surface area contributed by atoms with Crippen LogP contribution in [0.4, 0.5) is 0 Å². The minimum absolute atomic E-state index is 0.0443. The third-order valence-corrected chi connectivity index (χ3v) is 10.4. The zero-order chi connectivity index (χ0) is 23.2. The number of aryl methyl sites for hydroxylation is 1. The molecule has 1 aromatic rings. The van der Waals surface area contributed by atoms with E-state index < -0.39 is 0 Å². The molecule has 3 fully saturated rings. The number of nitrogens with zero attached hydrogens (tertiary/aromatic N) is 1. The molecule has 4 nitrogen and oxygen atoms in total. The van der Waals surface area contributed by atoms with E-state index in [9.17, 15) is 4.79 Å². The molecule has 1 saturated heterocycles. The third kappa shape index (κ3) is 4.92. The quantitative estimate of drug-likeness (QED) is 0.600. The van der Waals surface area contributed by atoms with Gasteiger partial charge in [-0.05, 0) is 81.3 Å². The van der Waals surface area contributed by atoms with Crippen LogP contribution in [0.1, 0.15) is 94.4 Å². The molecule has 0 bridgehead atoms. The Morgan fingerprint density at radius 2 is 2.09 bits per heavy atom. The van der Waals surface area contributed by atoms with Crippen molar-refractivity contribution < 1.29 is 9.53 Å². The lowest BCUT2D eigenvalue weighted by atomic mass is 9.71. The van der Waals surface area contributed by atoms with Crippen molar-refractivity contribution in [3.05, 3.63) is 21.4 Å². The molecule has 5 heteroatoms. The second-order valence-corrected chi connectivity index (χ2v) is 13.5. The lowest BCUT2D eigenvalue weighted by molar-refractivity contribution is -0.129. The predicted molar refractivity (Wildman–Crippen MR) is 136 cm³/mol. The van der Waals surface area contributed by atoms with Gasteiger partial charge in [-0.3, -0.25) is 4.79 Å². The lowest BCUT2D eigenvalue weighted by Crippen LogP contribution is -2.54. The first-order valence-electron chi connectivity index (χ1n) is 13.6. The van der Waals surface area contributed by atoms with Crippen molar-refractivity contribution in [1.29, 1.82) is 0 Å². The van der Waals surface area contributed by atoms with Gasteiger partial charge in [0.1, 0.15) is 0 Å². The van der Waals surface area contributed by atoms with Crippen molar-refractivity contribution in [1.82, 2.24) is 10.2 Å². The van der Waals surface area contributed by atoms with E-state index in [1.807, 2.05) is 11.3 Å². The highest BCUT2D eigenvalue weighted by Crippen LogP contribution is 2.47. The van der Waals surface area contributed by atoms with Gasteiger partial charge in [0.2, 0.25) is 5.91 Å². The normalized spacial score (nSPS) is 36.2. The highest BCUT2D eigenvalue weighted by Gasteiger charge is 2.45. The Kier molecular flexibility index (Phi) is 6.69. The molecule has 184 valence electrons. The maximum atomic E-state index is 12.8. The molecule has 1 aromatic heterocycles. The molecular formula is C28H44N2O2S. The van der Waals surface area contributed by atoms with Gasteiger partial charge in [-0.2, -0.15) is 0 Å². The molecule has 4 aliphatic rings. The molecule has 3 heterocycles. The van der Waals surface area contributed by atoms with Crippen LogP contribution >= 0.6 is 11.3 Å². The minimum Gasteiger partial charge on any atom is -0.370 e. The first-order valence-corrected chi connectivity index (χ1v) is 14.4. The summed E-state index contributed by atoms with van der Waals surface area (Å²) in [5.41, 5.74) is 1.80. The SMILES string of the molecule is CCc1cc2c(s1)CCO[C@@]21CCN(CC2CC(NC(=O)C3CCCC(C)(C)C3)C2)[C@@H](C)C1. The van der Waals surface area contributed by atoms with Crippen LogP contribution in [-0.2, 0) is 28.0 Å². The molecule has 5 rings (SSSR count). The van der Waals surface area contributed by atoms with Crippen molar-refractivity contribution in [2.24, 2.45) is 17.3 Å². The number of thiophene rings is 1. The average molecular weight is 473 g/mol. The Balaban J connectivity index is 1.10. The molecule has 1 spiro atoms. The number of fused-ring (bicyclic) bond motifs is 2. The van der Waals surface area contributed by atoms with E-state index in [-0.39, 0.29) is 11.5 Å².